The van der Waals surface area contributed by atoms with Crippen molar-refractivity contribution in [3.05, 3.63) is 58.1 Å². The van der Waals surface area contributed by atoms with E-state index in [2.05, 4.69) is 5.32 Å². The molecule has 1 N–H and O–H groups in total. The van der Waals surface area contributed by atoms with Crippen LogP contribution < -0.4 is 10.1 Å². The van der Waals surface area contributed by atoms with Crippen molar-refractivity contribution >= 4 is 23.1 Å². The van der Waals surface area contributed by atoms with Crippen molar-refractivity contribution in [1.82, 2.24) is 0 Å². The first-order chi connectivity index (χ1) is 10.1. The maximum atomic E-state index is 10.9. The van der Waals surface area contributed by atoms with Crippen LogP contribution >= 0.6 is 11.8 Å². The minimum atomic E-state index is -0.416. The normalized spacial score (nSPS) is 10.2. The summed E-state index contributed by atoms with van der Waals surface area (Å²) in [4.78, 5) is 11.7. The second-order valence-corrected chi connectivity index (χ2v) is 5.26. The molecule has 0 unspecified atom stereocenters. The summed E-state index contributed by atoms with van der Waals surface area (Å²) < 4.78 is 5.10. The van der Waals surface area contributed by atoms with E-state index in [0.29, 0.717) is 12.3 Å². The lowest BCUT2D eigenvalue weighted by atomic mass is 10.2. The highest BCUT2D eigenvalue weighted by Gasteiger charge is 2.10. The van der Waals surface area contributed by atoms with Crippen molar-refractivity contribution in [1.29, 1.82) is 0 Å². The Morgan fingerprint density at radius 2 is 2.10 bits per heavy atom. The number of methoxy groups -OCH3 is 1. The molecule has 0 heterocycles. The first kappa shape index (κ1) is 15.2. The number of non-ortho nitro benzene ring substituents is 1. The van der Waals surface area contributed by atoms with E-state index in [1.54, 1.807) is 23.9 Å². The van der Waals surface area contributed by atoms with Crippen molar-refractivity contribution < 1.29 is 9.66 Å². The first-order valence-corrected chi connectivity index (χ1v) is 7.55. The van der Waals surface area contributed by atoms with Gasteiger partial charge in [-0.1, -0.05) is 6.07 Å². The van der Waals surface area contributed by atoms with E-state index in [1.165, 1.54) is 13.2 Å². The van der Waals surface area contributed by atoms with Crippen LogP contribution in [0.25, 0.3) is 0 Å². The average molecular weight is 304 g/mol. The molecule has 2 aromatic carbocycles. The van der Waals surface area contributed by atoms with Gasteiger partial charge in [0.05, 0.1) is 18.1 Å². The molecule has 0 bridgehead atoms. The Bertz CT molecular complexity index is 647. The van der Waals surface area contributed by atoms with Crippen LogP contribution in [0.1, 0.15) is 5.56 Å². The number of hydrogen-bond acceptors (Lipinski definition) is 5. The standard InChI is InChI=1S/C15H16N2O3S/c1-20-14-7-11(6-13(9-14)17(18)19)10-16-12-4-3-5-15(8-12)21-2/h3-9,16H,10H2,1-2H3. The summed E-state index contributed by atoms with van der Waals surface area (Å²) in [6.45, 7) is 0.496. The third-order valence-electron chi connectivity index (χ3n) is 2.96. The van der Waals surface area contributed by atoms with Crippen LogP contribution in [0.15, 0.2) is 47.4 Å². The topological polar surface area (TPSA) is 64.4 Å². The van der Waals surface area contributed by atoms with Gasteiger partial charge in [-0.3, -0.25) is 10.1 Å². The van der Waals surface area contributed by atoms with Gasteiger partial charge >= 0.3 is 0 Å². The van der Waals surface area contributed by atoms with Gasteiger partial charge in [0.1, 0.15) is 5.75 Å². The predicted molar refractivity (Wildman–Crippen MR) is 85.2 cm³/mol. The predicted octanol–water partition coefficient (Wildman–Crippen LogP) is 3.94. The van der Waals surface area contributed by atoms with Crippen LogP contribution in [-0.2, 0) is 6.54 Å². The summed E-state index contributed by atoms with van der Waals surface area (Å²) in [6, 6.07) is 12.8. The van der Waals surface area contributed by atoms with Crippen molar-refractivity contribution in [2.75, 3.05) is 18.7 Å². The molecule has 0 fully saturated rings. The van der Waals surface area contributed by atoms with E-state index in [-0.39, 0.29) is 5.69 Å². The molecular weight excluding hydrogens is 288 g/mol. The monoisotopic (exact) mass is 304 g/mol. The zero-order chi connectivity index (χ0) is 15.2. The smallest absolute Gasteiger partial charge is 0.273 e. The molecule has 6 heteroatoms. The molecule has 0 amide bonds. The van der Waals surface area contributed by atoms with E-state index in [1.807, 2.05) is 30.5 Å². The Labute approximate surface area is 127 Å². The number of thioether (sulfide) groups is 1. The summed E-state index contributed by atoms with van der Waals surface area (Å²) in [5, 5.41) is 14.2. The van der Waals surface area contributed by atoms with Crippen LogP contribution in [0.4, 0.5) is 11.4 Å². The summed E-state index contributed by atoms with van der Waals surface area (Å²) in [5.41, 5.74) is 1.81. The fourth-order valence-electron chi connectivity index (χ4n) is 1.91. The molecular formula is C15H16N2O3S. The lowest BCUT2D eigenvalue weighted by Gasteiger charge is -2.09. The Morgan fingerprint density at radius 1 is 1.29 bits per heavy atom. The van der Waals surface area contributed by atoms with Gasteiger partial charge in [0.2, 0.25) is 0 Å². The summed E-state index contributed by atoms with van der Waals surface area (Å²) in [6.07, 6.45) is 2.02. The number of ether oxygens (including phenoxy) is 1. The lowest BCUT2D eigenvalue weighted by Crippen LogP contribution is -2.01. The molecule has 2 rings (SSSR count). The Kier molecular flexibility index (Phi) is 5.05. The third kappa shape index (κ3) is 4.13. The number of nitrogens with zero attached hydrogens (tertiary/aromatic N) is 1. The molecule has 21 heavy (non-hydrogen) atoms. The van der Waals surface area contributed by atoms with Crippen molar-refractivity contribution in [2.24, 2.45) is 0 Å². The molecule has 2 aromatic rings. The van der Waals surface area contributed by atoms with Gasteiger partial charge in [-0.15, -0.1) is 11.8 Å². The molecule has 0 aliphatic heterocycles. The fraction of sp³-hybridized carbons (Fsp3) is 0.200. The number of nitro groups is 1. The fourth-order valence-corrected chi connectivity index (χ4v) is 2.37. The Balaban J connectivity index is 2.15. The highest BCUT2D eigenvalue weighted by Crippen LogP contribution is 2.24. The van der Waals surface area contributed by atoms with Crippen molar-refractivity contribution in [3.63, 3.8) is 0 Å². The highest BCUT2D eigenvalue weighted by molar-refractivity contribution is 7.98. The second-order valence-electron chi connectivity index (χ2n) is 4.38. The second kappa shape index (κ2) is 6.99. The minimum absolute atomic E-state index is 0.0315. The molecule has 0 saturated carbocycles. The van der Waals surface area contributed by atoms with Gasteiger partial charge in [-0.2, -0.15) is 0 Å². The zero-order valence-electron chi connectivity index (χ0n) is 11.8. The first-order valence-electron chi connectivity index (χ1n) is 6.32. The molecule has 0 radical (unpaired) electrons. The van der Waals surface area contributed by atoms with E-state index >= 15 is 0 Å². The van der Waals surface area contributed by atoms with Crippen molar-refractivity contribution in [3.8, 4) is 5.75 Å². The highest BCUT2D eigenvalue weighted by atomic mass is 32.2. The number of nitro benzene ring substituents is 1. The number of hydrogen-bond donors (Lipinski definition) is 1. The van der Waals surface area contributed by atoms with Crippen molar-refractivity contribution in [2.45, 2.75) is 11.4 Å². The van der Waals surface area contributed by atoms with Crippen LogP contribution in [0.5, 0.6) is 5.75 Å². The molecule has 0 spiro atoms. The number of rotatable bonds is 6. The number of anilines is 1. The summed E-state index contributed by atoms with van der Waals surface area (Å²) in [7, 11) is 1.50. The quantitative estimate of drug-likeness (QED) is 0.497. The summed E-state index contributed by atoms with van der Waals surface area (Å²) >= 11 is 1.67. The Morgan fingerprint density at radius 3 is 2.76 bits per heavy atom. The van der Waals surface area contributed by atoms with Crippen LogP contribution in [-0.4, -0.2) is 18.3 Å². The summed E-state index contributed by atoms with van der Waals surface area (Å²) in [5.74, 6) is 0.485. The SMILES string of the molecule is COc1cc(CNc2cccc(SC)c2)cc([N+](=O)[O-])c1. The largest absolute Gasteiger partial charge is 0.496 e. The maximum Gasteiger partial charge on any atom is 0.273 e. The number of nitrogens with one attached hydrogen (secondary N) is 1. The zero-order valence-corrected chi connectivity index (χ0v) is 12.6. The molecule has 110 valence electrons. The maximum absolute atomic E-state index is 10.9. The number of benzene rings is 2. The molecule has 0 aliphatic carbocycles. The van der Waals surface area contributed by atoms with Crippen LogP contribution in [0.2, 0.25) is 0 Å². The average Bonchev–Trinajstić information content (AvgIpc) is 2.52. The molecule has 0 aliphatic rings. The third-order valence-corrected chi connectivity index (χ3v) is 3.69. The van der Waals surface area contributed by atoms with E-state index in [4.69, 9.17) is 4.74 Å². The van der Waals surface area contributed by atoms with E-state index in [9.17, 15) is 10.1 Å². The van der Waals surface area contributed by atoms with Gasteiger partial charge in [0.25, 0.3) is 5.69 Å². The Hall–Kier alpha value is -2.21. The van der Waals surface area contributed by atoms with Gasteiger partial charge in [-0.05, 0) is 36.1 Å². The van der Waals surface area contributed by atoms with Crippen LogP contribution in [0.3, 0.4) is 0 Å². The van der Waals surface area contributed by atoms with Gasteiger partial charge in [0.15, 0.2) is 0 Å². The van der Waals surface area contributed by atoms with Crippen LogP contribution in [0, 0.1) is 10.1 Å². The van der Waals surface area contributed by atoms with Gasteiger partial charge in [-0.25, -0.2) is 0 Å². The van der Waals surface area contributed by atoms with E-state index < -0.39 is 4.92 Å². The molecule has 0 saturated heterocycles. The minimum Gasteiger partial charge on any atom is -0.496 e. The molecule has 0 atom stereocenters. The van der Waals surface area contributed by atoms with E-state index in [0.717, 1.165) is 16.1 Å². The van der Waals surface area contributed by atoms with Gasteiger partial charge in [0, 0.05) is 23.2 Å². The molecule has 0 aromatic heterocycles. The lowest BCUT2D eigenvalue weighted by molar-refractivity contribution is -0.385. The molecule has 5 nitrogen and oxygen atoms in total. The van der Waals surface area contributed by atoms with Gasteiger partial charge < -0.3 is 10.1 Å².